The summed E-state index contributed by atoms with van der Waals surface area (Å²) in [6.07, 6.45) is 0.520. The molecule has 0 fully saturated rings. The molecule has 6 heteroatoms. The molecule has 0 bridgehead atoms. The Morgan fingerprint density at radius 3 is 2.78 bits per heavy atom. The van der Waals surface area contributed by atoms with E-state index < -0.39 is 0 Å². The van der Waals surface area contributed by atoms with Crippen LogP contribution in [-0.2, 0) is 13.5 Å². The minimum Gasteiger partial charge on any atom is -0.330 e. The van der Waals surface area contributed by atoms with Gasteiger partial charge in [0.25, 0.3) is 0 Å². The first-order valence-electron chi connectivity index (χ1n) is 5.64. The normalized spacial score (nSPS) is 10.9. The van der Waals surface area contributed by atoms with Crippen molar-refractivity contribution in [3.63, 3.8) is 0 Å². The van der Waals surface area contributed by atoms with Gasteiger partial charge >= 0.3 is 0 Å². The van der Waals surface area contributed by atoms with Gasteiger partial charge in [-0.2, -0.15) is 0 Å². The van der Waals surface area contributed by atoms with Gasteiger partial charge in [0.2, 0.25) is 0 Å². The lowest BCUT2D eigenvalue weighted by Crippen LogP contribution is -2.06. The third-order valence-electron chi connectivity index (χ3n) is 2.72. The number of benzene rings is 1. The van der Waals surface area contributed by atoms with Crippen LogP contribution in [0.5, 0.6) is 0 Å². The number of halogens is 1. The van der Waals surface area contributed by atoms with E-state index in [1.165, 1.54) is 17.8 Å². The second kappa shape index (κ2) is 5.49. The van der Waals surface area contributed by atoms with Crippen molar-refractivity contribution in [3.05, 3.63) is 35.4 Å². The predicted molar refractivity (Wildman–Crippen MR) is 69.0 cm³/mol. The average Bonchev–Trinajstić information content (AvgIpc) is 2.66. The van der Waals surface area contributed by atoms with Crippen molar-refractivity contribution in [1.82, 2.24) is 14.8 Å². The van der Waals surface area contributed by atoms with Crippen LogP contribution in [0.4, 0.5) is 4.39 Å². The molecule has 0 spiro atoms. The first kappa shape index (κ1) is 13.0. The fourth-order valence-corrected chi connectivity index (χ4v) is 2.61. The third-order valence-corrected chi connectivity index (χ3v) is 3.86. The Labute approximate surface area is 109 Å². The van der Waals surface area contributed by atoms with E-state index in [-0.39, 0.29) is 5.82 Å². The molecule has 0 saturated heterocycles. The van der Waals surface area contributed by atoms with Gasteiger partial charge in [0.1, 0.15) is 11.6 Å². The van der Waals surface area contributed by atoms with Gasteiger partial charge in [0.15, 0.2) is 5.16 Å². The summed E-state index contributed by atoms with van der Waals surface area (Å²) in [5.74, 6) is 0.610. The average molecular weight is 266 g/mol. The minimum atomic E-state index is -0.218. The minimum absolute atomic E-state index is 0.218. The number of hydrogen-bond acceptors (Lipinski definition) is 4. The molecule has 0 saturated carbocycles. The Kier molecular flexibility index (Phi) is 3.98. The fourth-order valence-electron chi connectivity index (χ4n) is 1.60. The van der Waals surface area contributed by atoms with E-state index in [0.717, 1.165) is 15.9 Å². The second-order valence-corrected chi connectivity index (χ2v) is 4.96. The van der Waals surface area contributed by atoms with Crippen molar-refractivity contribution in [2.24, 2.45) is 12.8 Å². The highest BCUT2D eigenvalue weighted by molar-refractivity contribution is 7.99. The Bertz CT molecular complexity index is 553. The van der Waals surface area contributed by atoms with E-state index in [1.54, 1.807) is 6.07 Å². The van der Waals surface area contributed by atoms with Crippen molar-refractivity contribution >= 4 is 11.8 Å². The Hall–Kier alpha value is -1.40. The quantitative estimate of drug-likeness (QED) is 0.918. The van der Waals surface area contributed by atoms with E-state index in [1.807, 2.05) is 24.6 Å². The molecule has 96 valence electrons. The van der Waals surface area contributed by atoms with Crippen molar-refractivity contribution in [3.8, 4) is 0 Å². The van der Waals surface area contributed by atoms with Gasteiger partial charge in [-0.1, -0.05) is 6.07 Å². The van der Waals surface area contributed by atoms with Crippen LogP contribution in [0.15, 0.2) is 28.3 Å². The molecule has 18 heavy (non-hydrogen) atoms. The molecule has 1 aromatic heterocycles. The van der Waals surface area contributed by atoms with Gasteiger partial charge in [0.05, 0.1) is 0 Å². The topological polar surface area (TPSA) is 56.7 Å². The van der Waals surface area contributed by atoms with Crippen LogP contribution in [-0.4, -0.2) is 21.3 Å². The van der Waals surface area contributed by atoms with Crippen LogP contribution in [0.1, 0.15) is 11.4 Å². The maximum absolute atomic E-state index is 13.7. The standard InChI is InChI=1S/C12H15FN4S/c1-8-15-16-12(17(8)2)18-11-5-3-4-10(13)9(11)6-7-14/h3-5H,6-7,14H2,1-2H3. The van der Waals surface area contributed by atoms with E-state index in [9.17, 15) is 4.39 Å². The fraction of sp³-hybridized carbons (Fsp3) is 0.333. The van der Waals surface area contributed by atoms with E-state index in [4.69, 9.17) is 5.73 Å². The molecular weight excluding hydrogens is 251 g/mol. The summed E-state index contributed by atoms with van der Waals surface area (Å²) in [6, 6.07) is 5.03. The first-order chi connectivity index (χ1) is 8.63. The SMILES string of the molecule is Cc1nnc(Sc2cccc(F)c2CCN)n1C. The molecule has 1 aromatic carbocycles. The van der Waals surface area contributed by atoms with Gasteiger partial charge < -0.3 is 10.3 Å². The van der Waals surface area contributed by atoms with Crippen LogP contribution in [0, 0.1) is 12.7 Å². The van der Waals surface area contributed by atoms with Crippen molar-refractivity contribution in [2.75, 3.05) is 6.54 Å². The molecule has 2 N–H and O–H groups in total. The highest BCUT2D eigenvalue weighted by Gasteiger charge is 2.12. The van der Waals surface area contributed by atoms with Crippen molar-refractivity contribution in [2.45, 2.75) is 23.4 Å². The molecule has 0 radical (unpaired) electrons. The maximum Gasteiger partial charge on any atom is 0.195 e. The van der Waals surface area contributed by atoms with E-state index >= 15 is 0 Å². The Morgan fingerprint density at radius 2 is 2.17 bits per heavy atom. The van der Waals surface area contributed by atoms with Gasteiger partial charge in [-0.3, -0.25) is 0 Å². The molecule has 4 nitrogen and oxygen atoms in total. The number of aryl methyl sites for hydroxylation is 1. The lowest BCUT2D eigenvalue weighted by molar-refractivity contribution is 0.603. The summed E-state index contributed by atoms with van der Waals surface area (Å²) in [5, 5.41) is 8.79. The van der Waals surface area contributed by atoms with Crippen molar-refractivity contribution < 1.29 is 4.39 Å². The van der Waals surface area contributed by atoms with Crippen LogP contribution >= 0.6 is 11.8 Å². The summed E-state index contributed by atoms with van der Waals surface area (Å²) in [7, 11) is 1.89. The third kappa shape index (κ3) is 2.54. The predicted octanol–water partition coefficient (Wildman–Crippen LogP) is 1.92. The number of nitrogens with two attached hydrogens (primary N) is 1. The molecule has 0 aliphatic rings. The number of nitrogens with zero attached hydrogens (tertiary/aromatic N) is 3. The van der Waals surface area contributed by atoms with Crippen LogP contribution in [0.3, 0.4) is 0 Å². The highest BCUT2D eigenvalue weighted by Crippen LogP contribution is 2.30. The van der Waals surface area contributed by atoms with Crippen molar-refractivity contribution in [1.29, 1.82) is 0 Å². The van der Waals surface area contributed by atoms with Gasteiger partial charge in [0, 0.05) is 17.5 Å². The molecular formula is C12H15FN4S. The molecule has 0 aliphatic heterocycles. The monoisotopic (exact) mass is 266 g/mol. The van der Waals surface area contributed by atoms with Crippen LogP contribution in [0.25, 0.3) is 0 Å². The lowest BCUT2D eigenvalue weighted by atomic mass is 10.1. The molecule has 0 amide bonds. The summed E-state index contributed by atoms with van der Waals surface area (Å²) in [6.45, 7) is 2.30. The summed E-state index contributed by atoms with van der Waals surface area (Å²) >= 11 is 1.41. The largest absolute Gasteiger partial charge is 0.330 e. The molecule has 2 aromatic rings. The zero-order valence-corrected chi connectivity index (χ0v) is 11.2. The number of aromatic nitrogens is 3. The van der Waals surface area contributed by atoms with Gasteiger partial charge in [-0.15, -0.1) is 10.2 Å². The zero-order valence-electron chi connectivity index (χ0n) is 10.4. The Morgan fingerprint density at radius 1 is 1.39 bits per heavy atom. The first-order valence-corrected chi connectivity index (χ1v) is 6.46. The zero-order chi connectivity index (χ0) is 13.1. The van der Waals surface area contributed by atoms with Gasteiger partial charge in [-0.25, -0.2) is 4.39 Å². The molecule has 0 aliphatic carbocycles. The molecule has 2 rings (SSSR count). The second-order valence-electron chi connectivity index (χ2n) is 3.95. The maximum atomic E-state index is 13.7. The lowest BCUT2D eigenvalue weighted by Gasteiger charge is -2.08. The van der Waals surface area contributed by atoms with Gasteiger partial charge in [-0.05, 0) is 43.8 Å². The summed E-state index contributed by atoms with van der Waals surface area (Å²) < 4.78 is 15.6. The highest BCUT2D eigenvalue weighted by atomic mass is 32.2. The number of hydrogen-bond donors (Lipinski definition) is 1. The van der Waals surface area contributed by atoms with E-state index in [0.29, 0.717) is 18.5 Å². The smallest absolute Gasteiger partial charge is 0.195 e. The van der Waals surface area contributed by atoms with E-state index in [2.05, 4.69) is 10.2 Å². The number of rotatable bonds is 4. The van der Waals surface area contributed by atoms with Crippen LogP contribution in [0.2, 0.25) is 0 Å². The summed E-state index contributed by atoms with van der Waals surface area (Å²) in [5.41, 5.74) is 6.16. The summed E-state index contributed by atoms with van der Waals surface area (Å²) in [4.78, 5) is 0.843. The molecule has 1 heterocycles. The molecule has 0 atom stereocenters. The Balaban J connectivity index is 2.34. The molecule has 0 unspecified atom stereocenters. The van der Waals surface area contributed by atoms with Crippen LogP contribution < -0.4 is 5.73 Å².